The summed E-state index contributed by atoms with van der Waals surface area (Å²) in [5.41, 5.74) is 7.55. The lowest BCUT2D eigenvalue weighted by Gasteiger charge is -2.36. The molecule has 2 amide bonds. The van der Waals surface area contributed by atoms with Crippen LogP contribution in [0.1, 0.15) is 90.0 Å². The Bertz CT molecular complexity index is 1750. The van der Waals surface area contributed by atoms with Crippen molar-refractivity contribution < 1.29 is 39.3 Å². The van der Waals surface area contributed by atoms with Gasteiger partial charge in [0.1, 0.15) is 0 Å². The van der Waals surface area contributed by atoms with E-state index in [2.05, 4.69) is 11.4 Å². The number of amides is 2. The minimum Gasteiger partial charge on any atom is -0.478 e. The third-order valence-corrected chi connectivity index (χ3v) is 9.98. The number of aliphatic hydroxyl groups excluding tert-OH is 1. The van der Waals surface area contributed by atoms with Gasteiger partial charge in [0.2, 0.25) is 11.8 Å². The summed E-state index contributed by atoms with van der Waals surface area (Å²) < 4.78 is 13.0. The Morgan fingerprint density at radius 2 is 1.45 bits per heavy atom. The number of carboxylic acid groups (broad SMARTS) is 1. The van der Waals surface area contributed by atoms with Gasteiger partial charge in [0.25, 0.3) is 0 Å². The van der Waals surface area contributed by atoms with E-state index in [1.54, 1.807) is 17.6 Å². The zero-order valence-corrected chi connectivity index (χ0v) is 29.1. The van der Waals surface area contributed by atoms with E-state index < -0.39 is 18.2 Å². The van der Waals surface area contributed by atoms with Gasteiger partial charge in [-0.1, -0.05) is 91.7 Å². The third-order valence-electron chi connectivity index (χ3n) is 8.77. The number of thioether (sulfide) groups is 1. The summed E-state index contributed by atoms with van der Waals surface area (Å²) in [5.74, 6) is -0.830. The summed E-state index contributed by atoms with van der Waals surface area (Å²) in [7, 11) is 0. The van der Waals surface area contributed by atoms with Crippen molar-refractivity contribution in [2.75, 3.05) is 5.75 Å². The van der Waals surface area contributed by atoms with Gasteiger partial charge in [-0.25, -0.2) is 10.3 Å². The van der Waals surface area contributed by atoms with Gasteiger partial charge in [0, 0.05) is 42.0 Å². The number of carbonyl (C=O) groups excluding carboxylic acids is 2. The van der Waals surface area contributed by atoms with Crippen molar-refractivity contribution in [2.24, 2.45) is 0 Å². The average Bonchev–Trinajstić information content (AvgIpc) is 3.17. The highest BCUT2D eigenvalue weighted by Gasteiger charge is 2.32. The highest BCUT2D eigenvalue weighted by Crippen LogP contribution is 2.40. The summed E-state index contributed by atoms with van der Waals surface area (Å²) in [6, 6.07) is 30.7. The second kappa shape index (κ2) is 19.2. The highest BCUT2D eigenvalue weighted by molar-refractivity contribution is 7.99. The maximum Gasteiger partial charge on any atom is 0.336 e. The van der Waals surface area contributed by atoms with E-state index in [-0.39, 0.29) is 36.7 Å². The van der Waals surface area contributed by atoms with Crippen molar-refractivity contribution in [3.05, 3.63) is 125 Å². The van der Waals surface area contributed by atoms with E-state index in [4.69, 9.17) is 14.7 Å². The number of hydrogen-bond donors (Lipinski definition) is 5. The van der Waals surface area contributed by atoms with Crippen LogP contribution in [-0.2, 0) is 32.2 Å². The SMILES string of the molecule is O=C(CCCCCCC(=O)NCc1cccc(-c2ccc(C3OC(CSc4ccccc4C(=O)O)CC(c4ccc(CO)cc4)O3)cc2)c1)NO. The average molecular weight is 713 g/mol. The second-order valence-corrected chi connectivity index (χ2v) is 13.6. The topological polar surface area (TPSA) is 154 Å². The molecule has 268 valence electrons. The molecule has 3 atom stereocenters. The fourth-order valence-electron chi connectivity index (χ4n) is 5.94. The number of benzene rings is 4. The quantitative estimate of drug-likeness (QED) is 0.0327. The molecule has 1 fully saturated rings. The third kappa shape index (κ3) is 11.2. The maximum atomic E-state index is 12.4. The van der Waals surface area contributed by atoms with Gasteiger partial charge in [-0.3, -0.25) is 14.8 Å². The Kier molecular flexibility index (Phi) is 14.2. The van der Waals surface area contributed by atoms with E-state index in [0.717, 1.165) is 52.6 Å². The number of hydrogen-bond acceptors (Lipinski definition) is 8. The molecule has 1 aliphatic rings. The second-order valence-electron chi connectivity index (χ2n) is 12.5. The first-order valence-corrected chi connectivity index (χ1v) is 18.2. The zero-order valence-electron chi connectivity index (χ0n) is 28.3. The van der Waals surface area contributed by atoms with Gasteiger partial charge in [0.15, 0.2) is 6.29 Å². The zero-order chi connectivity index (χ0) is 36.0. The lowest BCUT2D eigenvalue weighted by Crippen LogP contribution is -2.31. The predicted molar refractivity (Wildman–Crippen MR) is 194 cm³/mol. The summed E-state index contributed by atoms with van der Waals surface area (Å²) in [5, 5.41) is 30.7. The number of nitrogens with one attached hydrogen (secondary N) is 2. The van der Waals surface area contributed by atoms with Crippen LogP contribution in [0.2, 0.25) is 0 Å². The van der Waals surface area contributed by atoms with E-state index in [1.807, 2.05) is 78.9 Å². The Morgan fingerprint density at radius 1 is 0.745 bits per heavy atom. The molecule has 0 bridgehead atoms. The number of unbranched alkanes of at least 4 members (excludes halogenated alkanes) is 3. The van der Waals surface area contributed by atoms with E-state index in [9.17, 15) is 24.6 Å². The monoisotopic (exact) mass is 712 g/mol. The number of aromatic carboxylic acids is 1. The van der Waals surface area contributed by atoms with Crippen LogP contribution < -0.4 is 10.8 Å². The molecule has 5 N–H and O–H groups in total. The van der Waals surface area contributed by atoms with Crippen molar-refractivity contribution in [1.29, 1.82) is 0 Å². The molecule has 10 nitrogen and oxygen atoms in total. The van der Waals surface area contributed by atoms with Gasteiger partial charge in [-0.2, -0.15) is 0 Å². The molecule has 0 saturated carbocycles. The number of carbonyl (C=O) groups is 3. The van der Waals surface area contributed by atoms with Crippen LogP contribution in [0.5, 0.6) is 0 Å². The Morgan fingerprint density at radius 3 is 2.16 bits per heavy atom. The van der Waals surface area contributed by atoms with Crippen molar-refractivity contribution in [2.45, 2.75) is 81.5 Å². The number of carboxylic acids is 1. The van der Waals surface area contributed by atoms with Gasteiger partial charge in [-0.15, -0.1) is 11.8 Å². The molecule has 3 unspecified atom stereocenters. The molecule has 1 saturated heterocycles. The largest absolute Gasteiger partial charge is 0.478 e. The Balaban J connectivity index is 1.20. The number of rotatable bonds is 17. The molecule has 4 aromatic rings. The van der Waals surface area contributed by atoms with E-state index in [0.29, 0.717) is 36.5 Å². The molecule has 51 heavy (non-hydrogen) atoms. The highest BCUT2D eigenvalue weighted by atomic mass is 32.2. The van der Waals surface area contributed by atoms with Crippen molar-refractivity contribution >= 4 is 29.5 Å². The Hall–Kier alpha value is -4.52. The van der Waals surface area contributed by atoms with Crippen LogP contribution in [0.25, 0.3) is 11.1 Å². The molecule has 0 aliphatic carbocycles. The molecule has 11 heteroatoms. The molecule has 1 heterocycles. The van der Waals surface area contributed by atoms with E-state index in [1.165, 1.54) is 11.8 Å². The lowest BCUT2D eigenvalue weighted by atomic mass is 9.99. The maximum absolute atomic E-state index is 12.4. The van der Waals surface area contributed by atoms with Crippen LogP contribution in [0.3, 0.4) is 0 Å². The molecule has 1 aliphatic heterocycles. The minimum absolute atomic E-state index is 0.0178. The Labute approximate surface area is 302 Å². The standard InChI is InChI=1S/C40H44N2O8S/c43-25-27-14-16-30(17-15-27)35-23-33(26-51-36-11-6-5-10-34(36)39(46)47)49-40(50-35)31-20-18-29(19-21-31)32-9-7-8-28(22-32)24-41-37(44)12-3-1-2-4-13-38(45)42-48/h5-11,14-22,33,35,40,43,48H,1-4,12-13,23-26H2,(H,41,44)(H,42,45)(H,46,47). The summed E-state index contributed by atoms with van der Waals surface area (Å²) in [4.78, 5) is 35.9. The van der Waals surface area contributed by atoms with Gasteiger partial charge < -0.3 is 25.0 Å². The van der Waals surface area contributed by atoms with Crippen LogP contribution >= 0.6 is 11.8 Å². The molecular formula is C40H44N2O8S. The number of aliphatic hydroxyl groups is 1. The first-order valence-electron chi connectivity index (χ1n) is 17.2. The lowest BCUT2D eigenvalue weighted by molar-refractivity contribution is -0.245. The summed E-state index contributed by atoms with van der Waals surface area (Å²) in [6.45, 7) is 0.379. The first kappa shape index (κ1) is 37.7. The number of ether oxygens (including phenoxy) is 2. The minimum atomic E-state index is -0.964. The summed E-state index contributed by atoms with van der Waals surface area (Å²) >= 11 is 1.46. The van der Waals surface area contributed by atoms with E-state index >= 15 is 0 Å². The molecule has 0 aromatic heterocycles. The number of hydroxylamine groups is 1. The van der Waals surface area contributed by atoms with Crippen LogP contribution in [0, 0.1) is 0 Å². The fourth-order valence-corrected chi connectivity index (χ4v) is 7.00. The molecular weight excluding hydrogens is 669 g/mol. The smallest absolute Gasteiger partial charge is 0.336 e. The van der Waals surface area contributed by atoms with Crippen LogP contribution in [0.15, 0.2) is 102 Å². The van der Waals surface area contributed by atoms with Gasteiger partial charge in [-0.05, 0) is 58.9 Å². The molecule has 0 radical (unpaired) electrons. The van der Waals surface area contributed by atoms with Crippen LogP contribution in [-0.4, -0.2) is 45.1 Å². The van der Waals surface area contributed by atoms with Crippen molar-refractivity contribution in [3.63, 3.8) is 0 Å². The van der Waals surface area contributed by atoms with Crippen molar-refractivity contribution in [1.82, 2.24) is 10.8 Å². The normalized spacial score (nSPS) is 17.1. The van der Waals surface area contributed by atoms with Gasteiger partial charge >= 0.3 is 5.97 Å². The van der Waals surface area contributed by atoms with Crippen molar-refractivity contribution in [3.8, 4) is 11.1 Å². The molecule has 4 aromatic carbocycles. The predicted octanol–water partition coefficient (Wildman–Crippen LogP) is 7.34. The van der Waals surface area contributed by atoms with Gasteiger partial charge in [0.05, 0.1) is 24.4 Å². The summed E-state index contributed by atoms with van der Waals surface area (Å²) in [6.07, 6.45) is 3.24. The fraction of sp³-hybridized carbons (Fsp3) is 0.325. The first-order chi connectivity index (χ1) is 24.8. The van der Waals surface area contributed by atoms with Crippen LogP contribution in [0.4, 0.5) is 0 Å². The molecule has 5 rings (SSSR count). The molecule has 0 spiro atoms.